The van der Waals surface area contributed by atoms with Crippen molar-refractivity contribution in [2.24, 2.45) is 5.16 Å². The van der Waals surface area contributed by atoms with E-state index in [1.807, 2.05) is 60.7 Å². The minimum Gasteiger partial charge on any atom is -0.481 e. The molecule has 2 aromatic carbocycles. The average molecular weight is 421 g/mol. The lowest BCUT2D eigenvalue weighted by atomic mass is 9.86. The van der Waals surface area contributed by atoms with Gasteiger partial charge in [-0.05, 0) is 24.6 Å². The highest BCUT2D eigenvalue weighted by molar-refractivity contribution is 6.39. The van der Waals surface area contributed by atoms with Crippen LogP contribution in [0.1, 0.15) is 31.7 Å². The van der Waals surface area contributed by atoms with E-state index in [-0.39, 0.29) is 11.8 Å². The monoisotopic (exact) mass is 421 g/mol. The number of ether oxygens (including phenoxy) is 1. The van der Waals surface area contributed by atoms with Crippen LogP contribution in [0.4, 0.5) is 0 Å². The van der Waals surface area contributed by atoms with E-state index >= 15 is 0 Å². The summed E-state index contributed by atoms with van der Waals surface area (Å²) in [7, 11) is 0. The van der Waals surface area contributed by atoms with Gasteiger partial charge in [0.05, 0.1) is 0 Å². The summed E-state index contributed by atoms with van der Waals surface area (Å²) < 4.78 is 5.76. The zero-order valence-corrected chi connectivity index (χ0v) is 17.6. The van der Waals surface area contributed by atoms with Gasteiger partial charge in [0, 0.05) is 38.9 Å². The molecule has 0 aliphatic carbocycles. The van der Waals surface area contributed by atoms with Gasteiger partial charge < -0.3 is 19.8 Å². The third kappa shape index (κ3) is 5.05. The number of likely N-dealkylation sites (tertiary alicyclic amines) is 1. The van der Waals surface area contributed by atoms with Crippen LogP contribution in [0.25, 0.3) is 0 Å². The first-order chi connectivity index (χ1) is 15.0. The van der Waals surface area contributed by atoms with Gasteiger partial charge in [0.2, 0.25) is 0 Å². The Bertz CT molecular complexity index is 938. The molecule has 2 amide bonds. The van der Waals surface area contributed by atoms with Gasteiger partial charge in [0.1, 0.15) is 17.1 Å². The second-order valence-electron chi connectivity index (χ2n) is 8.06. The van der Waals surface area contributed by atoms with Crippen molar-refractivity contribution in [3.05, 3.63) is 66.2 Å². The number of carbonyl (C=O) groups is 2. The van der Waals surface area contributed by atoms with Gasteiger partial charge in [0.25, 0.3) is 11.8 Å². The number of para-hydroxylation sites is 1. The summed E-state index contributed by atoms with van der Waals surface area (Å²) in [6, 6.07) is 19.1. The SMILES string of the molecule is CC(Oc1ccccc1)C(=O)N1CCC2(CC1)CC(C(=O)NCc1ccccc1)=NO2. The van der Waals surface area contributed by atoms with Crippen LogP contribution in [0.5, 0.6) is 5.75 Å². The molecule has 1 saturated heterocycles. The van der Waals surface area contributed by atoms with E-state index in [1.165, 1.54) is 0 Å². The number of oxime groups is 1. The Morgan fingerprint density at radius 1 is 1.10 bits per heavy atom. The zero-order chi connectivity index (χ0) is 21.7. The molecule has 1 N–H and O–H groups in total. The fourth-order valence-corrected chi connectivity index (χ4v) is 3.94. The van der Waals surface area contributed by atoms with Crippen molar-refractivity contribution in [1.82, 2.24) is 10.2 Å². The summed E-state index contributed by atoms with van der Waals surface area (Å²) in [5.74, 6) is 0.429. The third-order valence-corrected chi connectivity index (χ3v) is 5.79. The van der Waals surface area contributed by atoms with E-state index < -0.39 is 11.7 Å². The molecule has 2 aliphatic heterocycles. The van der Waals surface area contributed by atoms with E-state index in [9.17, 15) is 9.59 Å². The lowest BCUT2D eigenvalue weighted by molar-refractivity contribution is -0.143. The van der Waals surface area contributed by atoms with Crippen LogP contribution in [0.3, 0.4) is 0 Å². The van der Waals surface area contributed by atoms with Gasteiger partial charge in [-0.25, -0.2) is 0 Å². The number of carbonyl (C=O) groups excluding carboxylic acids is 2. The van der Waals surface area contributed by atoms with Crippen molar-refractivity contribution >= 4 is 17.5 Å². The standard InChI is InChI=1S/C24H27N3O4/c1-18(30-20-10-6-3-7-11-20)23(29)27-14-12-24(13-15-27)16-21(26-31-24)22(28)25-17-19-8-4-2-5-9-19/h2-11,18H,12-17H2,1H3,(H,25,28). The highest BCUT2D eigenvalue weighted by Crippen LogP contribution is 2.35. The fourth-order valence-electron chi connectivity index (χ4n) is 3.94. The molecule has 1 spiro atoms. The summed E-state index contributed by atoms with van der Waals surface area (Å²) in [5.41, 5.74) is 0.944. The van der Waals surface area contributed by atoms with Crippen molar-refractivity contribution < 1.29 is 19.2 Å². The van der Waals surface area contributed by atoms with Crippen LogP contribution in [-0.2, 0) is 21.0 Å². The third-order valence-electron chi connectivity index (χ3n) is 5.79. The molecule has 31 heavy (non-hydrogen) atoms. The number of hydrogen-bond acceptors (Lipinski definition) is 5. The molecule has 2 heterocycles. The van der Waals surface area contributed by atoms with Crippen LogP contribution in [-0.4, -0.2) is 47.2 Å². The number of nitrogens with zero attached hydrogens (tertiary/aromatic N) is 2. The van der Waals surface area contributed by atoms with E-state index in [0.717, 1.165) is 5.56 Å². The van der Waals surface area contributed by atoms with Crippen molar-refractivity contribution in [3.8, 4) is 5.75 Å². The number of nitrogens with one attached hydrogen (secondary N) is 1. The van der Waals surface area contributed by atoms with Gasteiger partial charge in [-0.15, -0.1) is 0 Å². The predicted molar refractivity (Wildman–Crippen MR) is 117 cm³/mol. The Balaban J connectivity index is 1.25. The molecule has 0 radical (unpaired) electrons. The molecule has 162 valence electrons. The molecule has 0 aromatic heterocycles. The second kappa shape index (κ2) is 9.20. The summed E-state index contributed by atoms with van der Waals surface area (Å²) >= 11 is 0. The molecule has 1 atom stereocenters. The largest absolute Gasteiger partial charge is 0.481 e. The van der Waals surface area contributed by atoms with Gasteiger partial charge in [0.15, 0.2) is 6.10 Å². The molecule has 0 bridgehead atoms. The lowest BCUT2D eigenvalue weighted by Gasteiger charge is -2.38. The Hall–Kier alpha value is -3.35. The normalized spacial score (nSPS) is 18.1. The highest BCUT2D eigenvalue weighted by atomic mass is 16.7. The van der Waals surface area contributed by atoms with Crippen molar-refractivity contribution in [2.45, 2.75) is 44.4 Å². The first-order valence-electron chi connectivity index (χ1n) is 10.6. The molecule has 7 heteroatoms. The van der Waals surface area contributed by atoms with E-state index in [0.29, 0.717) is 50.4 Å². The summed E-state index contributed by atoms with van der Waals surface area (Å²) in [4.78, 5) is 32.8. The molecule has 2 aromatic rings. The first-order valence-corrected chi connectivity index (χ1v) is 10.6. The Labute approximate surface area is 182 Å². The number of piperidine rings is 1. The summed E-state index contributed by atoms with van der Waals surface area (Å²) in [6.45, 7) is 3.32. The van der Waals surface area contributed by atoms with Gasteiger partial charge in [-0.1, -0.05) is 53.7 Å². The fraction of sp³-hybridized carbons (Fsp3) is 0.375. The van der Waals surface area contributed by atoms with Crippen LogP contribution in [0.2, 0.25) is 0 Å². The van der Waals surface area contributed by atoms with Crippen LogP contribution in [0.15, 0.2) is 65.8 Å². The van der Waals surface area contributed by atoms with Crippen LogP contribution < -0.4 is 10.1 Å². The van der Waals surface area contributed by atoms with E-state index in [2.05, 4.69) is 10.5 Å². The Morgan fingerprint density at radius 2 is 1.74 bits per heavy atom. The molecule has 2 aliphatic rings. The molecular formula is C24H27N3O4. The number of hydrogen-bond donors (Lipinski definition) is 1. The predicted octanol–water partition coefficient (Wildman–Crippen LogP) is 2.91. The smallest absolute Gasteiger partial charge is 0.269 e. The number of rotatable bonds is 6. The number of amides is 2. The zero-order valence-electron chi connectivity index (χ0n) is 17.6. The van der Waals surface area contributed by atoms with Gasteiger partial charge in [-0.2, -0.15) is 0 Å². The highest BCUT2D eigenvalue weighted by Gasteiger charge is 2.44. The summed E-state index contributed by atoms with van der Waals surface area (Å²) in [6.07, 6.45) is 1.17. The second-order valence-corrected chi connectivity index (χ2v) is 8.06. The van der Waals surface area contributed by atoms with E-state index in [1.54, 1.807) is 11.8 Å². The Morgan fingerprint density at radius 3 is 2.42 bits per heavy atom. The van der Waals surface area contributed by atoms with Crippen molar-refractivity contribution in [1.29, 1.82) is 0 Å². The maximum Gasteiger partial charge on any atom is 0.269 e. The van der Waals surface area contributed by atoms with Crippen LogP contribution in [0, 0.1) is 0 Å². The van der Waals surface area contributed by atoms with Crippen LogP contribution >= 0.6 is 0 Å². The Kier molecular flexibility index (Phi) is 6.21. The lowest BCUT2D eigenvalue weighted by Crippen LogP contribution is -2.50. The van der Waals surface area contributed by atoms with Crippen molar-refractivity contribution in [2.75, 3.05) is 13.1 Å². The average Bonchev–Trinajstić information content (AvgIpc) is 3.22. The molecule has 0 saturated carbocycles. The van der Waals surface area contributed by atoms with E-state index in [4.69, 9.17) is 9.57 Å². The maximum absolute atomic E-state index is 12.8. The molecule has 1 fully saturated rings. The molecule has 4 rings (SSSR count). The summed E-state index contributed by atoms with van der Waals surface area (Å²) in [5, 5.41) is 6.96. The first kappa shape index (κ1) is 20.9. The van der Waals surface area contributed by atoms with Gasteiger partial charge in [-0.3, -0.25) is 9.59 Å². The topological polar surface area (TPSA) is 80.2 Å². The van der Waals surface area contributed by atoms with Crippen molar-refractivity contribution in [3.63, 3.8) is 0 Å². The minimum atomic E-state index is -0.559. The minimum absolute atomic E-state index is 0.0431. The maximum atomic E-state index is 12.8. The molecular weight excluding hydrogens is 394 g/mol. The quantitative estimate of drug-likeness (QED) is 0.778. The molecule has 1 unspecified atom stereocenters. The number of benzene rings is 2. The van der Waals surface area contributed by atoms with Gasteiger partial charge >= 0.3 is 0 Å². The molecule has 7 nitrogen and oxygen atoms in total.